The molecule has 1 fully saturated rings. The summed E-state index contributed by atoms with van der Waals surface area (Å²) < 4.78 is 34.3. The molecule has 3 atom stereocenters. The Morgan fingerprint density at radius 3 is 1.33 bits per heavy atom. The normalized spacial score (nSPS) is 17.2. The Kier molecular flexibility index (Phi) is 30.2. The Morgan fingerprint density at radius 2 is 1.02 bits per heavy atom. The second kappa shape index (κ2) is 30.5. The van der Waals surface area contributed by atoms with Crippen LogP contribution >= 0.6 is 0 Å². The fourth-order valence-corrected chi connectivity index (χ4v) is 4.71. The van der Waals surface area contributed by atoms with Gasteiger partial charge in [-0.2, -0.15) is 0 Å². The van der Waals surface area contributed by atoms with Gasteiger partial charge in [0.2, 0.25) is 0 Å². The molecule has 1 aromatic carbocycles. The molecule has 2 rings (SSSR count). The third kappa shape index (κ3) is 24.6. The van der Waals surface area contributed by atoms with Crippen LogP contribution in [-0.2, 0) is 73.3 Å². The van der Waals surface area contributed by atoms with E-state index in [0.717, 1.165) is 18.4 Å². The van der Waals surface area contributed by atoms with Gasteiger partial charge < -0.3 is 43.4 Å². The molecule has 0 radical (unpaired) electrons. The monoisotopic (exact) mass is 941 g/mol. The molecule has 1 aliphatic heterocycles. The van der Waals surface area contributed by atoms with Gasteiger partial charge in [-0.25, -0.2) is 4.79 Å². The van der Waals surface area contributed by atoms with Crippen molar-refractivity contribution in [3.05, 3.63) is 48.0 Å². The highest BCUT2D eigenvalue weighted by molar-refractivity contribution is 5.87. The minimum atomic E-state index is -1.02. The molecular formula is C50H84O16. The van der Waals surface area contributed by atoms with Crippen molar-refractivity contribution in [3.63, 3.8) is 0 Å². The van der Waals surface area contributed by atoms with Gasteiger partial charge in [0, 0.05) is 5.57 Å². The lowest BCUT2D eigenvalue weighted by Gasteiger charge is -2.40. The van der Waals surface area contributed by atoms with E-state index in [0.29, 0.717) is 25.9 Å². The van der Waals surface area contributed by atoms with Crippen molar-refractivity contribution in [3.8, 4) is 0 Å². The predicted octanol–water partition coefficient (Wildman–Crippen LogP) is 8.48. The summed E-state index contributed by atoms with van der Waals surface area (Å²) >= 11 is 0. The minimum Gasteiger partial charge on any atom is -0.481 e. The lowest BCUT2D eigenvalue weighted by Crippen LogP contribution is -2.49. The van der Waals surface area contributed by atoms with Gasteiger partial charge in [0.25, 0.3) is 0 Å². The molecule has 0 bridgehead atoms. The fourth-order valence-electron chi connectivity index (χ4n) is 4.71. The van der Waals surface area contributed by atoms with Gasteiger partial charge in [0.15, 0.2) is 0 Å². The molecule has 1 aliphatic rings. The average molecular weight is 941 g/mol. The number of benzene rings is 1. The molecule has 0 aromatic heterocycles. The van der Waals surface area contributed by atoms with Crippen LogP contribution in [0, 0.1) is 32.5 Å². The number of carbonyl (C=O) groups excluding carboxylic acids is 6. The van der Waals surface area contributed by atoms with Crippen LogP contribution in [0.4, 0.5) is 0 Å². The molecule has 1 saturated heterocycles. The van der Waals surface area contributed by atoms with Gasteiger partial charge in [-0.15, -0.1) is 0 Å². The first-order valence-electron chi connectivity index (χ1n) is 22.1. The van der Waals surface area contributed by atoms with E-state index < -0.39 is 39.7 Å². The van der Waals surface area contributed by atoms with Crippen LogP contribution in [0.1, 0.15) is 142 Å². The smallest absolute Gasteiger partial charge is 0.333 e. The first-order chi connectivity index (χ1) is 30.2. The number of hydrogen-bond acceptors (Lipinski definition) is 15. The number of carbonyl (C=O) groups is 7. The van der Waals surface area contributed by atoms with Gasteiger partial charge >= 0.3 is 41.8 Å². The predicted molar refractivity (Wildman–Crippen MR) is 251 cm³/mol. The first kappa shape index (κ1) is 65.4. The topological polar surface area (TPSA) is 225 Å². The Bertz CT molecular complexity index is 1650. The lowest BCUT2D eigenvalue weighted by molar-refractivity contribution is -0.179. The summed E-state index contributed by atoms with van der Waals surface area (Å²) in [5, 5.41) is 17.9. The van der Waals surface area contributed by atoms with Crippen LogP contribution < -0.4 is 0 Å². The van der Waals surface area contributed by atoms with Crippen LogP contribution in [0.3, 0.4) is 0 Å². The van der Waals surface area contributed by atoms with Gasteiger partial charge in [0.05, 0.1) is 67.0 Å². The molecule has 1 heterocycles. The molecule has 16 heteroatoms. The van der Waals surface area contributed by atoms with E-state index >= 15 is 0 Å². The third-order valence-corrected chi connectivity index (χ3v) is 11.3. The number of ether oxygens (including phenoxy) is 7. The third-order valence-electron chi connectivity index (χ3n) is 11.3. The molecule has 0 saturated carbocycles. The number of esters is 6. The molecule has 1 aromatic rings. The van der Waals surface area contributed by atoms with E-state index in [1.54, 1.807) is 41.5 Å². The average Bonchev–Trinajstić information content (AvgIpc) is 3.28. The Hall–Kier alpha value is -4.83. The van der Waals surface area contributed by atoms with Gasteiger partial charge in [-0.05, 0) is 114 Å². The first-order valence-corrected chi connectivity index (χ1v) is 22.1. The Labute approximate surface area is 394 Å². The number of aliphatic carboxylic acids is 1. The molecule has 16 nitrogen and oxygen atoms in total. The van der Waals surface area contributed by atoms with Crippen LogP contribution in [-0.4, -0.2) is 106 Å². The molecule has 0 amide bonds. The van der Waals surface area contributed by atoms with Crippen LogP contribution in [0.15, 0.2) is 42.5 Å². The Balaban J connectivity index is -0.000000774. The maximum absolute atomic E-state index is 11.6. The van der Waals surface area contributed by atoms with E-state index in [-0.39, 0.29) is 72.7 Å². The number of methoxy groups -OCH3 is 3. The van der Waals surface area contributed by atoms with Crippen molar-refractivity contribution < 1.29 is 76.9 Å². The number of aliphatic hydroxyl groups is 1. The highest BCUT2D eigenvalue weighted by atomic mass is 16.6. The highest BCUT2D eigenvalue weighted by Gasteiger charge is 2.50. The van der Waals surface area contributed by atoms with E-state index in [4.69, 9.17) is 33.5 Å². The zero-order valence-corrected chi connectivity index (χ0v) is 43.4. The van der Waals surface area contributed by atoms with Crippen molar-refractivity contribution in [1.82, 2.24) is 0 Å². The van der Waals surface area contributed by atoms with Gasteiger partial charge in [0.1, 0.15) is 25.9 Å². The highest BCUT2D eigenvalue weighted by Crippen LogP contribution is 2.40. The maximum atomic E-state index is 11.6. The largest absolute Gasteiger partial charge is 0.481 e. The Morgan fingerprint density at radius 1 is 0.636 bits per heavy atom. The van der Waals surface area contributed by atoms with Crippen molar-refractivity contribution in [1.29, 1.82) is 0 Å². The van der Waals surface area contributed by atoms with Crippen molar-refractivity contribution in [2.24, 2.45) is 32.5 Å². The molecule has 66 heavy (non-hydrogen) atoms. The van der Waals surface area contributed by atoms with Crippen molar-refractivity contribution >= 4 is 41.8 Å². The van der Waals surface area contributed by atoms with Crippen LogP contribution in [0.5, 0.6) is 0 Å². The summed E-state index contributed by atoms with van der Waals surface area (Å²) in [4.78, 5) is 78.6. The summed E-state index contributed by atoms with van der Waals surface area (Å²) in [7, 11) is 4.08. The number of rotatable bonds is 17. The molecule has 2 N–H and O–H groups in total. The van der Waals surface area contributed by atoms with Gasteiger partial charge in [-0.1, -0.05) is 64.6 Å². The summed E-state index contributed by atoms with van der Waals surface area (Å²) in [5.41, 5.74) is -2.09. The molecule has 380 valence electrons. The summed E-state index contributed by atoms with van der Waals surface area (Å²) in [6, 6.07) is 9.72. The van der Waals surface area contributed by atoms with Crippen molar-refractivity contribution in [2.45, 2.75) is 149 Å². The van der Waals surface area contributed by atoms with Gasteiger partial charge in [-0.3, -0.25) is 28.8 Å². The summed E-state index contributed by atoms with van der Waals surface area (Å²) in [6.07, 6.45) is 2.29. The minimum absolute atomic E-state index is 0.131. The quantitative estimate of drug-likeness (QED) is 0.0848. The SMILES string of the molecule is C=C(C)C(=O)OCC(O)COC(=O)C(C)(C)CC.CCC(C)(C)C(=O)O.CCC(C)(C)C(=O)OC.CCC(C)(C)C(=O)OCc1ccccc1.COC(=O)C1(C)COCC(C)(C(=O)OC)C1. The molecule has 3 unspecified atom stereocenters. The number of carboxylic acid groups (broad SMARTS) is 1. The van der Waals surface area contributed by atoms with Crippen LogP contribution in [0.2, 0.25) is 0 Å². The number of hydrogen-bond donors (Lipinski definition) is 2. The van der Waals surface area contributed by atoms with Crippen molar-refractivity contribution in [2.75, 3.05) is 47.8 Å². The fraction of sp³-hybridized carbons (Fsp3) is 0.700. The second-order valence-electron chi connectivity index (χ2n) is 19.2. The molecule has 0 spiro atoms. The standard InChI is InChI=1S/C13H22O5.C13H18O2.C11H18O5.C7H14O2.C6H12O2/c1-6-13(4,5)12(16)18-8-10(14)7-17-11(15)9(2)3;1-4-13(2,3)12(14)15-10-11-8-6-5-7-9-11;1-10(8(12)14-3)5-11(2,7-16-6-10)9(13)15-4;1-5-7(2,3)6(8)9-4;1-4-6(2,3)5(7)8/h10,14H,2,6-8H2,1,3-5H3;5-9H,4,10H2,1-3H3;5-7H2,1-4H3;5H2,1-4H3;4H2,1-3H3,(H,7,8). The van der Waals surface area contributed by atoms with Crippen LogP contribution in [0.25, 0.3) is 0 Å². The van der Waals surface area contributed by atoms with E-state index in [1.165, 1.54) is 28.3 Å². The lowest BCUT2D eigenvalue weighted by atomic mass is 9.71. The molecule has 0 aliphatic carbocycles. The zero-order chi connectivity index (χ0) is 52.3. The zero-order valence-electron chi connectivity index (χ0n) is 43.4. The number of carboxylic acids is 1. The molecular weight excluding hydrogens is 857 g/mol. The maximum Gasteiger partial charge on any atom is 0.333 e. The van der Waals surface area contributed by atoms with E-state index in [1.807, 2.05) is 85.7 Å². The summed E-state index contributed by atoms with van der Waals surface area (Å²) in [5.74, 6) is -2.66. The second-order valence-corrected chi connectivity index (χ2v) is 19.2. The van der Waals surface area contributed by atoms with E-state index in [9.17, 15) is 38.7 Å². The summed E-state index contributed by atoms with van der Waals surface area (Å²) in [6.45, 7) is 31.1. The number of aliphatic hydroxyl groups excluding tert-OH is 1. The van der Waals surface area contributed by atoms with E-state index in [2.05, 4.69) is 11.3 Å².